The van der Waals surface area contributed by atoms with E-state index in [0.29, 0.717) is 18.3 Å². The van der Waals surface area contributed by atoms with Crippen molar-refractivity contribution in [1.29, 1.82) is 0 Å². The Morgan fingerprint density at radius 3 is 2.57 bits per heavy atom. The fourth-order valence-corrected chi connectivity index (χ4v) is 2.12. The Labute approximate surface area is 84.2 Å². The van der Waals surface area contributed by atoms with Gasteiger partial charge in [0.2, 0.25) is 11.8 Å². The number of carbonyl (C=O) groups is 2. The molecule has 4 heteroatoms. The normalized spacial score (nSPS) is 26.1. The van der Waals surface area contributed by atoms with Crippen LogP contribution in [0.2, 0.25) is 0 Å². The molecule has 0 spiro atoms. The highest BCUT2D eigenvalue weighted by atomic mass is 16.1. The zero-order valence-corrected chi connectivity index (χ0v) is 8.58. The van der Waals surface area contributed by atoms with Gasteiger partial charge in [0.1, 0.15) is 0 Å². The van der Waals surface area contributed by atoms with Crippen LogP contribution in [0.1, 0.15) is 32.6 Å². The number of amides is 2. The number of hydrogen-bond donors (Lipinski definition) is 2. The van der Waals surface area contributed by atoms with Crippen molar-refractivity contribution in [3.63, 3.8) is 0 Å². The van der Waals surface area contributed by atoms with Crippen LogP contribution in [0.25, 0.3) is 0 Å². The maximum atomic E-state index is 10.7. The summed E-state index contributed by atoms with van der Waals surface area (Å²) < 4.78 is 0. The van der Waals surface area contributed by atoms with Crippen LogP contribution in [-0.2, 0) is 9.59 Å². The summed E-state index contributed by atoms with van der Waals surface area (Å²) in [6, 6.07) is 0. The van der Waals surface area contributed by atoms with Gasteiger partial charge in [0, 0.05) is 19.9 Å². The van der Waals surface area contributed by atoms with Crippen LogP contribution in [0.4, 0.5) is 0 Å². The standard InChI is InChI=1S/C10H18N2O2/c1-7(13)12-6-9-3-2-8(4-9)5-10(11)14/h8-9H,2-6H2,1H3,(H2,11,14)(H,12,13). The van der Waals surface area contributed by atoms with Crippen LogP contribution < -0.4 is 11.1 Å². The molecule has 4 nitrogen and oxygen atoms in total. The lowest BCUT2D eigenvalue weighted by Crippen LogP contribution is -2.26. The van der Waals surface area contributed by atoms with Crippen molar-refractivity contribution < 1.29 is 9.59 Å². The second-order valence-electron chi connectivity index (χ2n) is 4.15. The van der Waals surface area contributed by atoms with Gasteiger partial charge in [0.25, 0.3) is 0 Å². The second kappa shape index (κ2) is 4.98. The number of hydrogen-bond acceptors (Lipinski definition) is 2. The zero-order chi connectivity index (χ0) is 10.6. The van der Waals surface area contributed by atoms with Gasteiger partial charge < -0.3 is 11.1 Å². The van der Waals surface area contributed by atoms with Gasteiger partial charge in [-0.2, -0.15) is 0 Å². The van der Waals surface area contributed by atoms with Crippen LogP contribution in [0.15, 0.2) is 0 Å². The third-order valence-electron chi connectivity index (χ3n) is 2.78. The molecule has 0 aromatic heterocycles. The number of primary amides is 1. The first-order valence-electron chi connectivity index (χ1n) is 5.10. The van der Waals surface area contributed by atoms with Gasteiger partial charge in [0.15, 0.2) is 0 Å². The summed E-state index contributed by atoms with van der Waals surface area (Å²) in [5, 5.41) is 2.81. The van der Waals surface area contributed by atoms with Gasteiger partial charge in [-0.05, 0) is 31.1 Å². The Hall–Kier alpha value is -1.06. The van der Waals surface area contributed by atoms with E-state index in [2.05, 4.69) is 5.32 Å². The Morgan fingerprint density at radius 2 is 2.00 bits per heavy atom. The molecule has 0 bridgehead atoms. The van der Waals surface area contributed by atoms with Gasteiger partial charge >= 0.3 is 0 Å². The van der Waals surface area contributed by atoms with Gasteiger partial charge in [-0.15, -0.1) is 0 Å². The summed E-state index contributed by atoms with van der Waals surface area (Å²) in [5.74, 6) is 0.771. The van der Waals surface area contributed by atoms with Gasteiger partial charge in [-0.3, -0.25) is 9.59 Å². The molecule has 0 aromatic carbocycles. The predicted molar refractivity (Wildman–Crippen MR) is 53.3 cm³/mol. The summed E-state index contributed by atoms with van der Waals surface area (Å²) in [6.07, 6.45) is 3.67. The van der Waals surface area contributed by atoms with Crippen molar-refractivity contribution in [1.82, 2.24) is 5.32 Å². The molecule has 14 heavy (non-hydrogen) atoms. The van der Waals surface area contributed by atoms with Gasteiger partial charge in [-0.25, -0.2) is 0 Å². The lowest BCUT2D eigenvalue weighted by Gasteiger charge is -2.10. The van der Waals surface area contributed by atoms with Gasteiger partial charge in [0.05, 0.1) is 0 Å². The topological polar surface area (TPSA) is 72.2 Å². The number of carbonyl (C=O) groups excluding carboxylic acids is 2. The van der Waals surface area contributed by atoms with Crippen LogP contribution >= 0.6 is 0 Å². The molecule has 1 aliphatic rings. The molecule has 1 saturated carbocycles. The van der Waals surface area contributed by atoms with E-state index in [1.54, 1.807) is 0 Å². The van der Waals surface area contributed by atoms with Crippen LogP contribution in [0.5, 0.6) is 0 Å². The Balaban J connectivity index is 2.20. The maximum Gasteiger partial charge on any atom is 0.217 e. The first kappa shape index (κ1) is 11.0. The summed E-state index contributed by atoms with van der Waals surface area (Å²) in [7, 11) is 0. The molecule has 3 N–H and O–H groups in total. The molecule has 80 valence electrons. The highest BCUT2D eigenvalue weighted by molar-refractivity contribution is 5.74. The van der Waals surface area contributed by atoms with Crippen LogP contribution in [0, 0.1) is 11.8 Å². The summed E-state index contributed by atoms with van der Waals surface area (Å²) >= 11 is 0. The first-order valence-corrected chi connectivity index (χ1v) is 5.10. The lowest BCUT2D eigenvalue weighted by molar-refractivity contribution is -0.120. The summed E-state index contributed by atoms with van der Waals surface area (Å²) in [6.45, 7) is 2.26. The minimum absolute atomic E-state index is 0.0170. The molecule has 0 aromatic rings. The molecule has 1 fully saturated rings. The Bertz CT molecular complexity index is 228. The average Bonchev–Trinajstić information content (AvgIpc) is 2.47. The lowest BCUT2D eigenvalue weighted by atomic mass is 10.0. The van der Waals surface area contributed by atoms with E-state index in [1.807, 2.05) is 0 Å². The molecule has 2 amide bonds. The minimum Gasteiger partial charge on any atom is -0.370 e. The second-order valence-corrected chi connectivity index (χ2v) is 4.15. The number of nitrogens with one attached hydrogen (secondary N) is 1. The van der Waals surface area contributed by atoms with Crippen LogP contribution in [0.3, 0.4) is 0 Å². The van der Waals surface area contributed by atoms with E-state index >= 15 is 0 Å². The molecular weight excluding hydrogens is 180 g/mol. The molecule has 0 radical (unpaired) electrons. The van der Waals surface area contributed by atoms with E-state index in [4.69, 9.17) is 5.73 Å². The molecule has 0 saturated heterocycles. The summed E-state index contributed by atoms with van der Waals surface area (Å²) in [5.41, 5.74) is 5.13. The smallest absolute Gasteiger partial charge is 0.217 e. The molecule has 0 aliphatic heterocycles. The molecule has 2 unspecified atom stereocenters. The highest BCUT2D eigenvalue weighted by Crippen LogP contribution is 2.32. The Kier molecular flexibility index (Phi) is 3.92. The van der Waals surface area contributed by atoms with Gasteiger partial charge in [-0.1, -0.05) is 0 Å². The zero-order valence-electron chi connectivity index (χ0n) is 8.58. The van der Waals surface area contributed by atoms with E-state index in [0.717, 1.165) is 25.8 Å². The van der Waals surface area contributed by atoms with E-state index in [1.165, 1.54) is 6.92 Å². The number of nitrogens with two attached hydrogens (primary N) is 1. The third kappa shape index (κ3) is 3.77. The fourth-order valence-electron chi connectivity index (χ4n) is 2.12. The monoisotopic (exact) mass is 198 g/mol. The van der Waals surface area contributed by atoms with Crippen molar-refractivity contribution in [2.75, 3.05) is 6.54 Å². The van der Waals surface area contributed by atoms with Crippen molar-refractivity contribution in [3.05, 3.63) is 0 Å². The minimum atomic E-state index is -0.213. The average molecular weight is 198 g/mol. The third-order valence-corrected chi connectivity index (χ3v) is 2.78. The molecule has 1 aliphatic carbocycles. The molecule has 2 atom stereocenters. The molecule has 0 heterocycles. The fraction of sp³-hybridized carbons (Fsp3) is 0.800. The van der Waals surface area contributed by atoms with Crippen molar-refractivity contribution >= 4 is 11.8 Å². The van der Waals surface area contributed by atoms with E-state index < -0.39 is 0 Å². The first-order chi connectivity index (χ1) is 6.58. The van der Waals surface area contributed by atoms with E-state index in [-0.39, 0.29) is 11.8 Å². The predicted octanol–water partition coefficient (Wildman–Crippen LogP) is 0.414. The maximum absolute atomic E-state index is 10.7. The SMILES string of the molecule is CC(=O)NCC1CCC(CC(N)=O)C1. The van der Waals surface area contributed by atoms with Crippen LogP contribution in [-0.4, -0.2) is 18.4 Å². The van der Waals surface area contributed by atoms with Crippen molar-refractivity contribution in [2.45, 2.75) is 32.6 Å². The quantitative estimate of drug-likeness (QED) is 0.687. The molecule has 1 rings (SSSR count). The van der Waals surface area contributed by atoms with Crippen molar-refractivity contribution in [3.8, 4) is 0 Å². The largest absolute Gasteiger partial charge is 0.370 e. The van der Waals surface area contributed by atoms with E-state index in [9.17, 15) is 9.59 Å². The summed E-state index contributed by atoms with van der Waals surface area (Å²) in [4.78, 5) is 21.4. The Morgan fingerprint density at radius 1 is 1.36 bits per heavy atom. The molecular formula is C10H18N2O2. The highest BCUT2D eigenvalue weighted by Gasteiger charge is 2.25. The van der Waals surface area contributed by atoms with Crippen molar-refractivity contribution in [2.24, 2.45) is 17.6 Å². The number of rotatable bonds is 4.